The summed E-state index contributed by atoms with van der Waals surface area (Å²) in [4.78, 5) is 24.8. The van der Waals surface area contributed by atoms with Gasteiger partial charge < -0.3 is 14.2 Å². The van der Waals surface area contributed by atoms with E-state index >= 15 is 0 Å². The summed E-state index contributed by atoms with van der Waals surface area (Å²) >= 11 is 0. The highest BCUT2D eigenvalue weighted by Gasteiger charge is 2.45. The minimum absolute atomic E-state index is 0.0376. The molecule has 0 radical (unpaired) electrons. The van der Waals surface area contributed by atoms with Crippen LogP contribution in [0.1, 0.15) is 20.8 Å². The van der Waals surface area contributed by atoms with Gasteiger partial charge in [0.15, 0.2) is 0 Å². The van der Waals surface area contributed by atoms with Crippen molar-refractivity contribution in [3.8, 4) is 11.5 Å². The van der Waals surface area contributed by atoms with Gasteiger partial charge in [-0.25, -0.2) is 12.8 Å². The molecule has 0 amide bonds. The van der Waals surface area contributed by atoms with Crippen LogP contribution in [0.3, 0.4) is 0 Å². The monoisotopic (exact) mass is 493 g/mol. The molecule has 0 saturated carbocycles. The molecule has 0 aliphatic carbocycles. The van der Waals surface area contributed by atoms with Crippen molar-refractivity contribution in [3.05, 3.63) is 67.0 Å². The minimum Gasteiger partial charge on any atom is -0.468 e. The Labute approximate surface area is 199 Å². The molecule has 0 aliphatic heterocycles. The number of hydrogen-bond donors (Lipinski definition) is 0. The first-order valence-corrected chi connectivity index (χ1v) is 11.8. The third-order valence-corrected chi connectivity index (χ3v) is 6.84. The fourth-order valence-electron chi connectivity index (χ4n) is 3.12. The Bertz CT molecular complexity index is 1110. The number of rotatable bonds is 11. The number of ether oxygens (including phenoxy) is 3. The highest BCUT2D eigenvalue weighted by Crippen LogP contribution is 2.32. The molecule has 0 aromatic heterocycles. The molecule has 1 atom stereocenters. The van der Waals surface area contributed by atoms with Gasteiger partial charge in [0.25, 0.3) is 0 Å². The second-order valence-corrected chi connectivity index (χ2v) is 9.72. The Balaban J connectivity index is 2.47. The van der Waals surface area contributed by atoms with Gasteiger partial charge in [0, 0.05) is 5.41 Å². The van der Waals surface area contributed by atoms with Crippen molar-refractivity contribution in [2.24, 2.45) is 5.41 Å². The molecule has 2 rings (SSSR count). The molecule has 184 valence electrons. The summed E-state index contributed by atoms with van der Waals surface area (Å²) in [5.74, 6) is -1.43. The van der Waals surface area contributed by atoms with Gasteiger partial charge in [0.2, 0.25) is 10.0 Å². The summed E-state index contributed by atoms with van der Waals surface area (Å²) in [6, 6.07) is 9.31. The standard InChI is InChI=1S/C24H28FNO7S/c1-6-24(3,4)22(23(28)31-5)26(16-21(27)32-7-2)34(29,30)20-14-12-19(13-15-20)33-18-10-8-17(25)9-11-18/h6,8-15,22H,1,7,16H2,2-5H3. The SMILES string of the molecule is C=CC(C)(C)C(C(=O)OC)N(CC(=O)OCC)S(=O)(=O)c1ccc(Oc2ccc(F)cc2)cc1. The van der Waals surface area contributed by atoms with E-state index in [0.29, 0.717) is 11.5 Å². The van der Waals surface area contributed by atoms with Gasteiger partial charge in [-0.05, 0) is 55.5 Å². The normalized spacial score (nSPS) is 12.6. The van der Waals surface area contributed by atoms with Crippen LogP contribution in [-0.2, 0) is 29.1 Å². The first kappa shape index (κ1) is 27.0. The number of esters is 2. The summed E-state index contributed by atoms with van der Waals surface area (Å²) in [7, 11) is -3.25. The van der Waals surface area contributed by atoms with Crippen molar-refractivity contribution in [2.75, 3.05) is 20.3 Å². The number of halogens is 1. The smallest absolute Gasteiger partial charge is 0.325 e. The van der Waals surface area contributed by atoms with Gasteiger partial charge in [0.05, 0.1) is 18.6 Å². The van der Waals surface area contributed by atoms with Crippen LogP contribution >= 0.6 is 0 Å². The summed E-state index contributed by atoms with van der Waals surface area (Å²) in [5, 5.41) is 0. The van der Waals surface area contributed by atoms with Gasteiger partial charge in [-0.1, -0.05) is 19.9 Å². The summed E-state index contributed by atoms with van der Waals surface area (Å²) in [5.41, 5.74) is -1.09. The summed E-state index contributed by atoms with van der Waals surface area (Å²) in [6.07, 6.45) is 1.42. The largest absolute Gasteiger partial charge is 0.468 e. The summed E-state index contributed by atoms with van der Waals surface area (Å²) in [6.45, 7) is 7.82. The molecule has 8 nitrogen and oxygen atoms in total. The van der Waals surface area contributed by atoms with E-state index in [1.165, 1.54) is 54.6 Å². The first-order chi connectivity index (χ1) is 16.0. The highest BCUT2D eigenvalue weighted by molar-refractivity contribution is 7.89. The van der Waals surface area contributed by atoms with Crippen LogP contribution in [0.5, 0.6) is 11.5 Å². The Morgan fingerprint density at radius 2 is 1.62 bits per heavy atom. The maximum absolute atomic E-state index is 13.6. The number of benzene rings is 2. The second kappa shape index (κ2) is 11.3. The molecular weight excluding hydrogens is 465 g/mol. The number of sulfonamides is 1. The number of nitrogens with zero attached hydrogens (tertiary/aromatic N) is 1. The molecule has 1 unspecified atom stereocenters. The minimum atomic E-state index is -4.38. The third kappa shape index (κ3) is 6.42. The zero-order valence-corrected chi connectivity index (χ0v) is 20.3. The number of hydrogen-bond acceptors (Lipinski definition) is 7. The van der Waals surface area contributed by atoms with E-state index in [1.807, 2.05) is 0 Å². The lowest BCUT2D eigenvalue weighted by molar-refractivity contribution is -0.150. The maximum atomic E-state index is 13.6. The van der Waals surface area contributed by atoms with Crippen molar-refractivity contribution >= 4 is 22.0 Å². The molecule has 34 heavy (non-hydrogen) atoms. The van der Waals surface area contributed by atoms with Crippen molar-refractivity contribution in [3.63, 3.8) is 0 Å². The molecule has 0 N–H and O–H groups in total. The van der Waals surface area contributed by atoms with E-state index in [0.717, 1.165) is 11.4 Å². The Hall–Kier alpha value is -3.24. The predicted molar refractivity (Wildman–Crippen MR) is 123 cm³/mol. The lowest BCUT2D eigenvalue weighted by Gasteiger charge is -2.37. The summed E-state index contributed by atoms with van der Waals surface area (Å²) < 4.78 is 56.4. The average molecular weight is 494 g/mol. The van der Waals surface area contributed by atoms with Gasteiger partial charge in [-0.2, -0.15) is 4.31 Å². The molecule has 0 fully saturated rings. The lowest BCUT2D eigenvalue weighted by atomic mass is 9.84. The molecular formula is C24H28FNO7S. The molecule has 0 heterocycles. The van der Waals surface area contributed by atoms with Crippen LogP contribution in [0, 0.1) is 11.2 Å². The van der Waals surface area contributed by atoms with E-state index in [1.54, 1.807) is 20.8 Å². The Kier molecular flexibility index (Phi) is 8.94. The third-order valence-electron chi connectivity index (χ3n) is 5.01. The molecule has 10 heteroatoms. The zero-order valence-electron chi connectivity index (χ0n) is 19.5. The van der Waals surface area contributed by atoms with Crippen LogP contribution in [0.25, 0.3) is 0 Å². The van der Waals surface area contributed by atoms with E-state index in [9.17, 15) is 22.4 Å². The van der Waals surface area contributed by atoms with E-state index < -0.39 is 45.8 Å². The van der Waals surface area contributed by atoms with E-state index in [-0.39, 0.29) is 11.5 Å². The first-order valence-electron chi connectivity index (χ1n) is 10.4. The molecule has 0 aliphatic rings. The van der Waals surface area contributed by atoms with Gasteiger partial charge >= 0.3 is 11.9 Å². The number of methoxy groups -OCH3 is 1. The van der Waals surface area contributed by atoms with Gasteiger partial charge in [0.1, 0.15) is 29.9 Å². The van der Waals surface area contributed by atoms with Crippen LogP contribution < -0.4 is 4.74 Å². The van der Waals surface area contributed by atoms with Gasteiger partial charge in [-0.3, -0.25) is 9.59 Å². The van der Waals surface area contributed by atoms with Crippen LogP contribution in [0.15, 0.2) is 66.1 Å². The molecule has 2 aromatic rings. The fraction of sp³-hybridized carbons (Fsp3) is 0.333. The van der Waals surface area contributed by atoms with Crippen molar-refractivity contribution in [2.45, 2.75) is 31.7 Å². The predicted octanol–water partition coefficient (Wildman–Crippen LogP) is 3.93. The van der Waals surface area contributed by atoms with Crippen LogP contribution in [-0.4, -0.2) is 51.0 Å². The molecule has 2 aromatic carbocycles. The number of carbonyl (C=O) groups is 2. The average Bonchev–Trinajstić information content (AvgIpc) is 2.80. The molecule has 0 spiro atoms. The van der Waals surface area contributed by atoms with Gasteiger partial charge in [-0.15, -0.1) is 6.58 Å². The Morgan fingerprint density at radius 1 is 1.09 bits per heavy atom. The quantitative estimate of drug-likeness (QED) is 0.345. The molecule has 0 saturated heterocycles. The van der Waals surface area contributed by atoms with E-state index in [2.05, 4.69) is 6.58 Å². The molecule has 0 bridgehead atoms. The van der Waals surface area contributed by atoms with Crippen molar-refractivity contribution in [1.29, 1.82) is 0 Å². The van der Waals surface area contributed by atoms with E-state index in [4.69, 9.17) is 14.2 Å². The topological polar surface area (TPSA) is 99.2 Å². The zero-order chi connectivity index (χ0) is 25.5. The number of carbonyl (C=O) groups excluding carboxylic acids is 2. The van der Waals surface area contributed by atoms with Crippen LogP contribution in [0.4, 0.5) is 4.39 Å². The lowest BCUT2D eigenvalue weighted by Crippen LogP contribution is -2.54. The van der Waals surface area contributed by atoms with Crippen LogP contribution in [0.2, 0.25) is 0 Å². The van der Waals surface area contributed by atoms with Crippen molar-refractivity contribution in [1.82, 2.24) is 4.31 Å². The maximum Gasteiger partial charge on any atom is 0.325 e. The second-order valence-electron chi connectivity index (χ2n) is 7.83. The van der Waals surface area contributed by atoms with Crippen molar-refractivity contribution < 1.29 is 36.6 Å². The Morgan fingerprint density at radius 3 is 2.09 bits per heavy atom. The highest BCUT2D eigenvalue weighted by atomic mass is 32.2. The fourth-order valence-corrected chi connectivity index (χ4v) is 4.78.